The van der Waals surface area contributed by atoms with E-state index in [0.717, 1.165) is 22.4 Å². The van der Waals surface area contributed by atoms with Crippen LogP contribution in [-0.4, -0.2) is 41.8 Å². The molecule has 0 saturated carbocycles. The van der Waals surface area contributed by atoms with Gasteiger partial charge in [0.15, 0.2) is 5.84 Å². The molecule has 1 aromatic rings. The standard InChI is InChI=1S/C11H15BrN4O2/c1-7-4-10(14-5-8(7)12)16-2-3-18-9(6-16)11(13)15-17/h4-5,9,17H,2-3,6H2,1H3,(H2,13,15). The van der Waals surface area contributed by atoms with E-state index in [1.54, 1.807) is 6.20 Å². The van der Waals surface area contributed by atoms with Crippen LogP contribution >= 0.6 is 15.9 Å². The molecule has 0 aliphatic carbocycles. The summed E-state index contributed by atoms with van der Waals surface area (Å²) >= 11 is 3.42. The summed E-state index contributed by atoms with van der Waals surface area (Å²) in [6.45, 7) is 3.81. The van der Waals surface area contributed by atoms with Gasteiger partial charge in [0.2, 0.25) is 0 Å². The Morgan fingerprint density at radius 2 is 2.50 bits per heavy atom. The summed E-state index contributed by atoms with van der Waals surface area (Å²) in [4.78, 5) is 6.42. The van der Waals surface area contributed by atoms with E-state index in [2.05, 4.69) is 31.0 Å². The number of pyridine rings is 1. The fraction of sp³-hybridized carbons (Fsp3) is 0.455. The zero-order valence-corrected chi connectivity index (χ0v) is 11.6. The first-order chi connectivity index (χ1) is 8.61. The van der Waals surface area contributed by atoms with E-state index in [4.69, 9.17) is 15.7 Å². The number of hydrogen-bond donors (Lipinski definition) is 2. The lowest BCUT2D eigenvalue weighted by atomic mass is 10.2. The van der Waals surface area contributed by atoms with Crippen LogP contribution in [0.15, 0.2) is 21.9 Å². The summed E-state index contributed by atoms with van der Waals surface area (Å²) in [6, 6.07) is 2.00. The van der Waals surface area contributed by atoms with Gasteiger partial charge in [0.05, 0.1) is 13.2 Å². The smallest absolute Gasteiger partial charge is 0.170 e. The molecule has 1 aliphatic heterocycles. The Morgan fingerprint density at radius 1 is 1.72 bits per heavy atom. The molecule has 7 heteroatoms. The normalized spacial score (nSPS) is 21.1. The molecule has 0 spiro atoms. The molecule has 0 amide bonds. The average molecular weight is 315 g/mol. The van der Waals surface area contributed by atoms with E-state index < -0.39 is 6.10 Å². The number of aromatic nitrogens is 1. The zero-order valence-electron chi connectivity index (χ0n) is 10.0. The maximum atomic E-state index is 8.67. The Balaban J connectivity index is 2.15. The quantitative estimate of drug-likeness (QED) is 0.370. The molecule has 0 aromatic carbocycles. The number of amidine groups is 1. The van der Waals surface area contributed by atoms with Crippen molar-refractivity contribution in [2.45, 2.75) is 13.0 Å². The number of ether oxygens (including phenoxy) is 1. The number of nitrogens with zero attached hydrogens (tertiary/aromatic N) is 3. The predicted octanol–water partition coefficient (Wildman–Crippen LogP) is 1.10. The second-order valence-corrected chi connectivity index (χ2v) is 4.98. The maximum Gasteiger partial charge on any atom is 0.170 e. The number of anilines is 1. The van der Waals surface area contributed by atoms with Crippen molar-refractivity contribution in [2.24, 2.45) is 10.9 Å². The summed E-state index contributed by atoms with van der Waals surface area (Å²) in [5.41, 5.74) is 6.68. The number of morpholine rings is 1. The highest BCUT2D eigenvalue weighted by atomic mass is 79.9. The Morgan fingerprint density at radius 3 is 3.17 bits per heavy atom. The lowest BCUT2D eigenvalue weighted by Gasteiger charge is -2.33. The first kappa shape index (κ1) is 13.1. The van der Waals surface area contributed by atoms with Crippen molar-refractivity contribution in [1.29, 1.82) is 0 Å². The number of halogens is 1. The molecule has 2 heterocycles. The number of oxime groups is 1. The fourth-order valence-electron chi connectivity index (χ4n) is 1.80. The third-order valence-electron chi connectivity index (χ3n) is 2.87. The monoisotopic (exact) mass is 314 g/mol. The molecule has 98 valence electrons. The maximum absolute atomic E-state index is 8.67. The SMILES string of the molecule is Cc1cc(N2CCOC(/C(N)=N/O)C2)ncc1Br. The topological polar surface area (TPSA) is 84.0 Å². The van der Waals surface area contributed by atoms with Crippen molar-refractivity contribution in [3.8, 4) is 0 Å². The minimum atomic E-state index is -0.394. The highest BCUT2D eigenvalue weighted by molar-refractivity contribution is 9.10. The van der Waals surface area contributed by atoms with E-state index in [-0.39, 0.29) is 5.84 Å². The minimum absolute atomic E-state index is 0.0912. The molecule has 0 radical (unpaired) electrons. The average Bonchev–Trinajstić information content (AvgIpc) is 2.41. The van der Waals surface area contributed by atoms with Crippen molar-refractivity contribution in [1.82, 2.24) is 4.98 Å². The summed E-state index contributed by atoms with van der Waals surface area (Å²) in [7, 11) is 0. The molecule has 1 fully saturated rings. The second-order valence-electron chi connectivity index (χ2n) is 4.12. The fourth-order valence-corrected chi connectivity index (χ4v) is 2.01. The van der Waals surface area contributed by atoms with E-state index in [1.807, 2.05) is 13.0 Å². The van der Waals surface area contributed by atoms with Gasteiger partial charge < -0.3 is 20.6 Å². The summed E-state index contributed by atoms with van der Waals surface area (Å²) in [6.07, 6.45) is 1.38. The van der Waals surface area contributed by atoms with Crippen LogP contribution in [0.3, 0.4) is 0 Å². The molecular formula is C11H15BrN4O2. The van der Waals surface area contributed by atoms with Crippen molar-refractivity contribution in [3.05, 3.63) is 22.3 Å². The van der Waals surface area contributed by atoms with Gasteiger partial charge in [-0.2, -0.15) is 0 Å². The Hall–Kier alpha value is -1.34. The van der Waals surface area contributed by atoms with Gasteiger partial charge in [0, 0.05) is 17.2 Å². The van der Waals surface area contributed by atoms with Crippen LogP contribution in [0.1, 0.15) is 5.56 Å². The van der Waals surface area contributed by atoms with E-state index in [9.17, 15) is 0 Å². The Bertz CT molecular complexity index is 466. The van der Waals surface area contributed by atoms with Gasteiger partial charge in [-0.05, 0) is 34.5 Å². The first-order valence-corrected chi connectivity index (χ1v) is 6.37. The van der Waals surface area contributed by atoms with Crippen molar-refractivity contribution in [3.63, 3.8) is 0 Å². The summed E-state index contributed by atoms with van der Waals surface area (Å²) < 4.78 is 6.42. The van der Waals surface area contributed by atoms with Gasteiger partial charge in [-0.15, -0.1) is 0 Å². The number of nitrogens with two attached hydrogens (primary N) is 1. The largest absolute Gasteiger partial charge is 0.409 e. The van der Waals surface area contributed by atoms with Crippen LogP contribution in [-0.2, 0) is 4.74 Å². The van der Waals surface area contributed by atoms with E-state index in [0.29, 0.717) is 13.2 Å². The summed E-state index contributed by atoms with van der Waals surface area (Å²) in [5.74, 6) is 0.961. The van der Waals surface area contributed by atoms with Crippen LogP contribution < -0.4 is 10.6 Å². The highest BCUT2D eigenvalue weighted by Gasteiger charge is 2.24. The lowest BCUT2D eigenvalue weighted by molar-refractivity contribution is 0.0804. The van der Waals surface area contributed by atoms with Crippen LogP contribution in [0.5, 0.6) is 0 Å². The molecular weight excluding hydrogens is 300 g/mol. The molecule has 1 unspecified atom stereocenters. The van der Waals surface area contributed by atoms with Gasteiger partial charge in [-0.3, -0.25) is 0 Å². The van der Waals surface area contributed by atoms with Crippen molar-refractivity contribution < 1.29 is 9.94 Å². The number of hydrogen-bond acceptors (Lipinski definition) is 5. The summed E-state index contributed by atoms with van der Waals surface area (Å²) in [5, 5.41) is 11.7. The third-order valence-corrected chi connectivity index (χ3v) is 3.70. The number of rotatable bonds is 2. The highest BCUT2D eigenvalue weighted by Crippen LogP contribution is 2.21. The molecule has 1 aliphatic rings. The van der Waals surface area contributed by atoms with Crippen LogP contribution in [0.25, 0.3) is 0 Å². The van der Waals surface area contributed by atoms with Crippen LogP contribution in [0.2, 0.25) is 0 Å². The minimum Gasteiger partial charge on any atom is -0.409 e. The van der Waals surface area contributed by atoms with Gasteiger partial charge in [-0.1, -0.05) is 5.16 Å². The molecule has 1 aromatic heterocycles. The van der Waals surface area contributed by atoms with E-state index in [1.165, 1.54) is 0 Å². The Kier molecular flexibility index (Phi) is 4.03. The van der Waals surface area contributed by atoms with Crippen molar-refractivity contribution >= 4 is 27.6 Å². The van der Waals surface area contributed by atoms with Gasteiger partial charge in [-0.25, -0.2) is 4.98 Å². The van der Waals surface area contributed by atoms with Gasteiger partial charge in [0.25, 0.3) is 0 Å². The second kappa shape index (κ2) is 5.53. The molecule has 2 rings (SSSR count). The molecule has 6 nitrogen and oxygen atoms in total. The molecule has 0 bridgehead atoms. The predicted molar refractivity (Wildman–Crippen MR) is 72.0 cm³/mol. The van der Waals surface area contributed by atoms with Gasteiger partial charge in [0.1, 0.15) is 11.9 Å². The van der Waals surface area contributed by atoms with Crippen LogP contribution in [0, 0.1) is 6.92 Å². The lowest BCUT2D eigenvalue weighted by Crippen LogP contribution is -2.48. The molecule has 3 N–H and O–H groups in total. The Labute approximate surface area is 114 Å². The van der Waals surface area contributed by atoms with Crippen LogP contribution in [0.4, 0.5) is 5.82 Å². The van der Waals surface area contributed by atoms with Gasteiger partial charge >= 0.3 is 0 Å². The zero-order chi connectivity index (χ0) is 13.1. The molecule has 1 saturated heterocycles. The first-order valence-electron chi connectivity index (χ1n) is 5.58. The molecule has 1 atom stereocenters. The van der Waals surface area contributed by atoms with E-state index >= 15 is 0 Å². The number of aryl methyl sites for hydroxylation is 1. The molecule has 18 heavy (non-hydrogen) atoms. The third kappa shape index (κ3) is 2.73. The van der Waals surface area contributed by atoms with Crippen molar-refractivity contribution in [2.75, 3.05) is 24.6 Å².